The summed E-state index contributed by atoms with van der Waals surface area (Å²) in [6.07, 6.45) is 0. The molecule has 0 aliphatic carbocycles. The molecular formula is C16H20N2O2S. The molecule has 21 heavy (non-hydrogen) atoms. The molecule has 2 aromatic rings. The molecule has 4 nitrogen and oxygen atoms in total. The molecule has 1 atom stereocenters. The lowest BCUT2D eigenvalue weighted by Gasteiger charge is -2.15. The van der Waals surface area contributed by atoms with Gasteiger partial charge in [-0.3, -0.25) is 4.79 Å². The molecule has 0 saturated carbocycles. The number of hydrogen-bond acceptors (Lipinski definition) is 4. The van der Waals surface area contributed by atoms with Crippen LogP contribution in [-0.4, -0.2) is 19.6 Å². The Morgan fingerprint density at radius 3 is 2.86 bits per heavy atom. The first-order valence-corrected chi connectivity index (χ1v) is 7.69. The zero-order valence-electron chi connectivity index (χ0n) is 12.5. The lowest BCUT2D eigenvalue weighted by atomic mass is 10.2. The van der Waals surface area contributed by atoms with Gasteiger partial charge in [0.05, 0.1) is 25.4 Å². The van der Waals surface area contributed by atoms with Gasteiger partial charge >= 0.3 is 0 Å². The third kappa shape index (κ3) is 4.23. The van der Waals surface area contributed by atoms with E-state index < -0.39 is 0 Å². The number of carbonyl (C=O) groups is 1. The molecule has 0 bridgehead atoms. The van der Waals surface area contributed by atoms with Crippen LogP contribution in [0.15, 0.2) is 35.7 Å². The molecule has 0 fully saturated rings. The smallest absolute Gasteiger partial charge is 0.239 e. The van der Waals surface area contributed by atoms with Gasteiger partial charge in [0.25, 0.3) is 0 Å². The standard InChI is InChI=1S/C16H20N2O2S/c1-11-6-7-14(20-3)13(9-11)17-10-16(19)18-12(2)15-5-4-8-21-15/h4-9,12,17H,10H2,1-3H3,(H,18,19)/t12-/m1/s1. The maximum absolute atomic E-state index is 12.0. The molecule has 2 N–H and O–H groups in total. The number of rotatable bonds is 6. The summed E-state index contributed by atoms with van der Waals surface area (Å²) in [5.41, 5.74) is 1.95. The summed E-state index contributed by atoms with van der Waals surface area (Å²) >= 11 is 1.64. The van der Waals surface area contributed by atoms with E-state index in [1.807, 2.05) is 49.6 Å². The van der Waals surface area contributed by atoms with Crippen LogP contribution in [0.1, 0.15) is 23.4 Å². The molecule has 0 radical (unpaired) electrons. The Kier molecular flexibility index (Phi) is 5.22. The number of amides is 1. The Balaban J connectivity index is 1.91. The fourth-order valence-corrected chi connectivity index (χ4v) is 2.77. The number of thiophene rings is 1. The average molecular weight is 304 g/mol. The summed E-state index contributed by atoms with van der Waals surface area (Å²) in [4.78, 5) is 13.1. The van der Waals surface area contributed by atoms with Crippen molar-refractivity contribution in [2.45, 2.75) is 19.9 Å². The summed E-state index contributed by atoms with van der Waals surface area (Å²) in [5.74, 6) is 0.694. The van der Waals surface area contributed by atoms with Gasteiger partial charge in [0, 0.05) is 4.88 Å². The van der Waals surface area contributed by atoms with Crippen LogP contribution in [-0.2, 0) is 4.79 Å². The molecule has 0 unspecified atom stereocenters. The molecule has 1 aromatic heterocycles. The summed E-state index contributed by atoms with van der Waals surface area (Å²) in [5, 5.41) is 8.10. The van der Waals surface area contributed by atoms with Crippen molar-refractivity contribution in [3.05, 3.63) is 46.2 Å². The minimum Gasteiger partial charge on any atom is -0.495 e. The summed E-state index contributed by atoms with van der Waals surface area (Å²) < 4.78 is 5.28. The fraction of sp³-hybridized carbons (Fsp3) is 0.312. The van der Waals surface area contributed by atoms with Crippen molar-refractivity contribution in [1.82, 2.24) is 5.32 Å². The fourth-order valence-electron chi connectivity index (χ4n) is 2.04. The van der Waals surface area contributed by atoms with E-state index in [0.29, 0.717) is 0 Å². The highest BCUT2D eigenvalue weighted by Crippen LogP contribution is 2.25. The van der Waals surface area contributed by atoms with Crippen molar-refractivity contribution in [3.63, 3.8) is 0 Å². The van der Waals surface area contributed by atoms with Gasteiger partial charge in [0.2, 0.25) is 5.91 Å². The summed E-state index contributed by atoms with van der Waals surface area (Å²) in [7, 11) is 1.62. The third-order valence-corrected chi connectivity index (χ3v) is 4.20. The summed E-state index contributed by atoms with van der Waals surface area (Å²) in [6.45, 7) is 4.20. The number of carbonyl (C=O) groups excluding carboxylic acids is 1. The van der Waals surface area contributed by atoms with Crippen molar-refractivity contribution in [3.8, 4) is 5.75 Å². The van der Waals surface area contributed by atoms with Crippen molar-refractivity contribution in [1.29, 1.82) is 0 Å². The van der Waals surface area contributed by atoms with Gasteiger partial charge in [-0.25, -0.2) is 0 Å². The van der Waals surface area contributed by atoms with Crippen molar-refractivity contribution in [2.75, 3.05) is 19.0 Å². The van der Waals surface area contributed by atoms with Crippen LogP contribution in [0.25, 0.3) is 0 Å². The Labute approximate surface area is 129 Å². The van der Waals surface area contributed by atoms with Crippen LogP contribution in [0.3, 0.4) is 0 Å². The number of ether oxygens (including phenoxy) is 1. The van der Waals surface area contributed by atoms with Gasteiger partial charge in [0.15, 0.2) is 0 Å². The molecule has 0 saturated heterocycles. The van der Waals surface area contributed by atoms with Crippen molar-refractivity contribution >= 4 is 22.9 Å². The van der Waals surface area contributed by atoms with E-state index in [9.17, 15) is 4.79 Å². The number of aryl methyl sites for hydroxylation is 1. The third-order valence-electron chi connectivity index (χ3n) is 3.14. The van der Waals surface area contributed by atoms with Gasteiger partial charge in [-0.15, -0.1) is 11.3 Å². The molecule has 1 aromatic carbocycles. The Bertz CT molecular complexity index is 596. The van der Waals surface area contributed by atoms with E-state index in [-0.39, 0.29) is 18.5 Å². The molecule has 2 rings (SSSR count). The topological polar surface area (TPSA) is 50.4 Å². The second-order valence-corrected chi connectivity index (χ2v) is 5.84. The minimum absolute atomic E-state index is 0.0266. The quantitative estimate of drug-likeness (QED) is 0.860. The van der Waals surface area contributed by atoms with E-state index in [4.69, 9.17) is 4.74 Å². The molecule has 0 aliphatic heterocycles. The minimum atomic E-state index is -0.0422. The van der Waals surface area contributed by atoms with Crippen LogP contribution in [0.4, 0.5) is 5.69 Å². The van der Waals surface area contributed by atoms with E-state index in [1.165, 1.54) is 0 Å². The monoisotopic (exact) mass is 304 g/mol. The number of nitrogens with one attached hydrogen (secondary N) is 2. The normalized spacial score (nSPS) is 11.8. The van der Waals surface area contributed by atoms with E-state index in [0.717, 1.165) is 21.9 Å². The zero-order chi connectivity index (χ0) is 15.2. The van der Waals surface area contributed by atoms with Crippen LogP contribution < -0.4 is 15.4 Å². The molecule has 1 heterocycles. The molecule has 0 aliphatic rings. The largest absolute Gasteiger partial charge is 0.495 e. The second kappa shape index (κ2) is 7.13. The van der Waals surface area contributed by atoms with E-state index >= 15 is 0 Å². The number of anilines is 1. The maximum Gasteiger partial charge on any atom is 0.239 e. The van der Waals surface area contributed by atoms with E-state index in [2.05, 4.69) is 10.6 Å². The van der Waals surface area contributed by atoms with Gasteiger partial charge in [-0.05, 0) is 43.0 Å². The molecule has 1 amide bonds. The highest BCUT2D eigenvalue weighted by Gasteiger charge is 2.11. The predicted molar refractivity (Wildman–Crippen MR) is 87.1 cm³/mol. The van der Waals surface area contributed by atoms with Crippen LogP contribution in [0.2, 0.25) is 0 Å². The highest BCUT2D eigenvalue weighted by atomic mass is 32.1. The molecule has 112 valence electrons. The maximum atomic E-state index is 12.0. The SMILES string of the molecule is COc1ccc(C)cc1NCC(=O)N[C@H](C)c1cccs1. The lowest BCUT2D eigenvalue weighted by molar-refractivity contribution is -0.120. The summed E-state index contributed by atoms with van der Waals surface area (Å²) in [6, 6.07) is 9.87. The van der Waals surface area contributed by atoms with E-state index in [1.54, 1.807) is 18.4 Å². The van der Waals surface area contributed by atoms with Crippen LogP contribution in [0, 0.1) is 6.92 Å². The highest BCUT2D eigenvalue weighted by molar-refractivity contribution is 7.10. The lowest BCUT2D eigenvalue weighted by Crippen LogP contribution is -2.31. The Morgan fingerprint density at radius 1 is 1.38 bits per heavy atom. The van der Waals surface area contributed by atoms with Gasteiger partial charge < -0.3 is 15.4 Å². The van der Waals surface area contributed by atoms with Gasteiger partial charge in [-0.1, -0.05) is 12.1 Å². The number of methoxy groups -OCH3 is 1. The molecule has 0 spiro atoms. The second-order valence-electron chi connectivity index (χ2n) is 4.86. The Hall–Kier alpha value is -2.01. The van der Waals surface area contributed by atoms with Crippen molar-refractivity contribution < 1.29 is 9.53 Å². The van der Waals surface area contributed by atoms with Crippen LogP contribution in [0.5, 0.6) is 5.75 Å². The number of benzene rings is 1. The first kappa shape index (κ1) is 15.4. The van der Waals surface area contributed by atoms with Crippen molar-refractivity contribution in [2.24, 2.45) is 0 Å². The average Bonchev–Trinajstić information content (AvgIpc) is 2.99. The predicted octanol–water partition coefficient (Wildman–Crippen LogP) is 3.35. The van der Waals surface area contributed by atoms with Gasteiger partial charge in [-0.2, -0.15) is 0 Å². The Morgan fingerprint density at radius 2 is 2.19 bits per heavy atom. The molecular weight excluding hydrogens is 284 g/mol. The molecule has 5 heteroatoms. The van der Waals surface area contributed by atoms with Gasteiger partial charge in [0.1, 0.15) is 5.75 Å². The first-order chi connectivity index (χ1) is 10.1. The first-order valence-electron chi connectivity index (χ1n) is 6.81. The number of hydrogen-bond donors (Lipinski definition) is 2. The zero-order valence-corrected chi connectivity index (χ0v) is 13.3. The van der Waals surface area contributed by atoms with Crippen LogP contribution >= 0.6 is 11.3 Å².